The Hall–Kier alpha value is -1.45. The fourth-order valence-electron chi connectivity index (χ4n) is 1.34. The van der Waals surface area contributed by atoms with Gasteiger partial charge in [0.25, 0.3) is 10.0 Å². The van der Waals surface area contributed by atoms with Gasteiger partial charge in [-0.1, -0.05) is 0 Å². The number of furan rings is 1. The monoisotopic (exact) mass is 349 g/mol. The van der Waals surface area contributed by atoms with Gasteiger partial charge in [-0.2, -0.15) is 0 Å². The van der Waals surface area contributed by atoms with E-state index in [1.165, 1.54) is 18.3 Å². The highest BCUT2D eigenvalue weighted by Crippen LogP contribution is 2.28. The number of hydrogen-bond donors (Lipinski definition) is 2. The van der Waals surface area contributed by atoms with E-state index in [-0.39, 0.29) is 21.8 Å². The maximum atomic E-state index is 13.4. The Morgan fingerprint density at radius 1 is 1.53 bits per heavy atom. The van der Waals surface area contributed by atoms with Gasteiger partial charge in [0.2, 0.25) is 0 Å². The number of halogens is 2. The molecule has 0 bridgehead atoms. The van der Waals surface area contributed by atoms with Crippen LogP contribution in [0, 0.1) is 5.82 Å². The molecule has 2 heterocycles. The van der Waals surface area contributed by atoms with E-state index >= 15 is 0 Å². The highest BCUT2D eigenvalue weighted by molar-refractivity contribution is 9.10. The first kappa shape index (κ1) is 14.0. The molecule has 102 valence electrons. The van der Waals surface area contributed by atoms with Crippen molar-refractivity contribution >= 4 is 31.6 Å². The normalized spacial score (nSPS) is 11.5. The Bertz CT molecular complexity index is 702. The first-order valence-corrected chi connectivity index (χ1v) is 7.32. The molecule has 0 atom stereocenters. The summed E-state index contributed by atoms with van der Waals surface area (Å²) in [7, 11) is -3.97. The molecule has 6 nitrogen and oxygen atoms in total. The van der Waals surface area contributed by atoms with Crippen molar-refractivity contribution in [1.29, 1.82) is 0 Å². The van der Waals surface area contributed by atoms with Gasteiger partial charge in [0, 0.05) is 12.3 Å². The van der Waals surface area contributed by atoms with Crippen molar-refractivity contribution < 1.29 is 17.2 Å². The number of nitrogens with two attached hydrogens (primary N) is 1. The van der Waals surface area contributed by atoms with Crippen LogP contribution in [0.15, 0.2) is 38.5 Å². The summed E-state index contributed by atoms with van der Waals surface area (Å²) in [5.41, 5.74) is 5.16. The summed E-state index contributed by atoms with van der Waals surface area (Å²) in [5.74, 6) is -0.479. The van der Waals surface area contributed by atoms with Crippen LogP contribution in [0.25, 0.3) is 0 Å². The average Bonchev–Trinajstić information content (AvgIpc) is 2.74. The summed E-state index contributed by atoms with van der Waals surface area (Å²) in [5, 5.41) is 0. The van der Waals surface area contributed by atoms with Crippen LogP contribution in [-0.2, 0) is 16.6 Å². The van der Waals surface area contributed by atoms with Gasteiger partial charge in [0.05, 0.1) is 18.4 Å². The van der Waals surface area contributed by atoms with Crippen molar-refractivity contribution in [3.63, 3.8) is 0 Å². The molecule has 0 aromatic carbocycles. The molecule has 2 aromatic rings. The maximum absolute atomic E-state index is 13.4. The van der Waals surface area contributed by atoms with Crippen molar-refractivity contribution in [3.8, 4) is 0 Å². The van der Waals surface area contributed by atoms with Gasteiger partial charge in [0.15, 0.2) is 10.5 Å². The van der Waals surface area contributed by atoms with E-state index in [1.54, 1.807) is 0 Å². The van der Waals surface area contributed by atoms with Crippen LogP contribution in [0.2, 0.25) is 0 Å². The summed E-state index contributed by atoms with van der Waals surface area (Å²) in [6, 6.07) is 2.48. The van der Waals surface area contributed by atoms with Gasteiger partial charge in [-0.05, 0) is 22.0 Å². The number of hydrogen-bond acceptors (Lipinski definition) is 5. The molecular formula is C10H9BrFN3O3S. The molecule has 0 saturated carbocycles. The minimum atomic E-state index is -3.97. The molecule has 0 spiro atoms. The van der Waals surface area contributed by atoms with Gasteiger partial charge in [-0.15, -0.1) is 0 Å². The molecule has 0 fully saturated rings. The quantitative estimate of drug-likeness (QED) is 0.877. The highest BCUT2D eigenvalue weighted by Gasteiger charge is 2.23. The Morgan fingerprint density at radius 2 is 2.26 bits per heavy atom. The predicted octanol–water partition coefficient (Wildman–Crippen LogP) is 1.84. The van der Waals surface area contributed by atoms with Crippen LogP contribution in [-0.4, -0.2) is 13.4 Å². The highest BCUT2D eigenvalue weighted by atomic mass is 79.9. The van der Waals surface area contributed by atoms with Gasteiger partial charge in [0.1, 0.15) is 10.7 Å². The van der Waals surface area contributed by atoms with E-state index in [9.17, 15) is 12.8 Å². The molecule has 3 N–H and O–H groups in total. The lowest BCUT2D eigenvalue weighted by molar-refractivity contribution is 0.484. The van der Waals surface area contributed by atoms with Gasteiger partial charge < -0.3 is 10.2 Å². The molecule has 0 radical (unpaired) electrons. The largest absolute Gasteiger partial charge is 0.452 e. The summed E-state index contributed by atoms with van der Waals surface area (Å²) < 4.78 is 44.7. The summed E-state index contributed by atoms with van der Waals surface area (Å²) >= 11 is 2.98. The van der Waals surface area contributed by atoms with E-state index in [0.29, 0.717) is 5.76 Å². The molecule has 0 unspecified atom stereocenters. The first-order chi connectivity index (χ1) is 8.94. The molecule has 19 heavy (non-hydrogen) atoms. The van der Waals surface area contributed by atoms with Crippen LogP contribution in [0.4, 0.5) is 10.1 Å². The predicted molar refractivity (Wildman–Crippen MR) is 69.3 cm³/mol. The zero-order valence-electron chi connectivity index (χ0n) is 9.43. The van der Waals surface area contributed by atoms with Crippen LogP contribution in [0.5, 0.6) is 0 Å². The van der Waals surface area contributed by atoms with Gasteiger partial charge in [-0.3, -0.25) is 9.71 Å². The fourth-order valence-corrected chi connectivity index (χ4v) is 3.41. The number of nitrogens with one attached hydrogen (secondary N) is 1. The van der Waals surface area contributed by atoms with Crippen molar-refractivity contribution in [1.82, 2.24) is 4.98 Å². The van der Waals surface area contributed by atoms with E-state index in [0.717, 1.165) is 6.20 Å². The molecular weight excluding hydrogens is 341 g/mol. The van der Waals surface area contributed by atoms with Crippen molar-refractivity contribution in [2.24, 2.45) is 5.73 Å². The Kier molecular flexibility index (Phi) is 3.88. The maximum Gasteiger partial charge on any atom is 0.266 e. The lowest BCUT2D eigenvalue weighted by Crippen LogP contribution is -2.13. The third-order valence-electron chi connectivity index (χ3n) is 2.21. The van der Waals surface area contributed by atoms with Crippen LogP contribution < -0.4 is 10.5 Å². The van der Waals surface area contributed by atoms with E-state index in [4.69, 9.17) is 10.2 Å². The first-order valence-electron chi connectivity index (χ1n) is 5.04. The second-order valence-electron chi connectivity index (χ2n) is 3.52. The van der Waals surface area contributed by atoms with Crippen LogP contribution in [0.1, 0.15) is 5.76 Å². The SMILES string of the molecule is NCc1cc(S(=O)(=O)Nc2ccncc2F)c(Br)o1. The summed E-state index contributed by atoms with van der Waals surface area (Å²) in [4.78, 5) is 3.38. The Labute approximate surface area is 117 Å². The van der Waals surface area contributed by atoms with Gasteiger partial charge in [-0.25, -0.2) is 12.8 Å². The summed E-state index contributed by atoms with van der Waals surface area (Å²) in [6.07, 6.45) is 2.18. The zero-order chi connectivity index (χ0) is 14.0. The molecule has 0 aliphatic carbocycles. The van der Waals surface area contributed by atoms with E-state index < -0.39 is 15.8 Å². The third kappa shape index (κ3) is 2.94. The minimum Gasteiger partial charge on any atom is -0.452 e. The number of nitrogens with zero attached hydrogens (tertiary/aromatic N) is 1. The molecule has 9 heteroatoms. The second-order valence-corrected chi connectivity index (χ2v) is 5.89. The molecule has 0 saturated heterocycles. The number of rotatable bonds is 4. The molecule has 2 rings (SSSR count). The lowest BCUT2D eigenvalue weighted by atomic mass is 10.4. The third-order valence-corrected chi connectivity index (χ3v) is 4.44. The topological polar surface area (TPSA) is 98.2 Å². The zero-order valence-corrected chi connectivity index (χ0v) is 11.8. The number of pyridine rings is 1. The smallest absolute Gasteiger partial charge is 0.266 e. The summed E-state index contributed by atoms with van der Waals surface area (Å²) in [6.45, 7) is 0.0533. The average molecular weight is 350 g/mol. The van der Waals surface area contributed by atoms with E-state index in [2.05, 4.69) is 25.6 Å². The van der Waals surface area contributed by atoms with Crippen molar-refractivity contribution in [3.05, 3.63) is 40.8 Å². The van der Waals surface area contributed by atoms with Crippen LogP contribution >= 0.6 is 15.9 Å². The molecule has 0 aliphatic rings. The number of aromatic nitrogens is 1. The van der Waals surface area contributed by atoms with Crippen molar-refractivity contribution in [2.45, 2.75) is 11.4 Å². The lowest BCUT2D eigenvalue weighted by Gasteiger charge is -2.06. The number of sulfonamides is 1. The molecule has 2 aromatic heterocycles. The Morgan fingerprint density at radius 3 is 2.84 bits per heavy atom. The van der Waals surface area contributed by atoms with Crippen LogP contribution in [0.3, 0.4) is 0 Å². The standard InChI is InChI=1S/C10H9BrFN3O3S/c11-10-9(3-6(4-13)18-10)19(16,17)15-8-1-2-14-5-7(8)12/h1-3,5H,4,13H2,(H,14,15). The number of anilines is 1. The molecule has 0 aliphatic heterocycles. The molecule has 0 amide bonds. The van der Waals surface area contributed by atoms with E-state index in [1.807, 2.05) is 0 Å². The van der Waals surface area contributed by atoms with Gasteiger partial charge >= 0.3 is 0 Å². The fraction of sp³-hybridized carbons (Fsp3) is 0.100. The van der Waals surface area contributed by atoms with Crippen molar-refractivity contribution in [2.75, 3.05) is 4.72 Å². The Balaban J connectivity index is 2.38. The second kappa shape index (κ2) is 5.27. The minimum absolute atomic E-state index is 0.00918.